The van der Waals surface area contributed by atoms with Crippen molar-refractivity contribution in [3.05, 3.63) is 17.7 Å². The van der Waals surface area contributed by atoms with Crippen LogP contribution in [0, 0.1) is 23.3 Å². The van der Waals surface area contributed by atoms with E-state index in [1.807, 2.05) is 0 Å². The fourth-order valence-corrected chi connectivity index (χ4v) is 2.60. The first kappa shape index (κ1) is 15.2. The van der Waals surface area contributed by atoms with Crippen LogP contribution < -0.4 is 0 Å². The third-order valence-corrected chi connectivity index (χ3v) is 3.98. The van der Waals surface area contributed by atoms with E-state index >= 15 is 0 Å². The van der Waals surface area contributed by atoms with Gasteiger partial charge in [0.15, 0.2) is 0 Å². The maximum absolute atomic E-state index is 11.1. The van der Waals surface area contributed by atoms with Crippen LogP contribution >= 0.6 is 0 Å². The van der Waals surface area contributed by atoms with Crippen LogP contribution in [0.3, 0.4) is 0 Å². The topological polar surface area (TPSA) is 69.2 Å². The second-order valence-corrected chi connectivity index (χ2v) is 10.8. The highest BCUT2D eigenvalue weighted by Crippen LogP contribution is 2.29. The van der Waals surface area contributed by atoms with Gasteiger partial charge in [-0.1, -0.05) is 19.6 Å². The first-order valence-corrected chi connectivity index (χ1v) is 10.4. The van der Waals surface area contributed by atoms with Crippen LogP contribution in [0.1, 0.15) is 30.4 Å². The zero-order valence-corrected chi connectivity index (χ0v) is 13.5. The van der Waals surface area contributed by atoms with Crippen LogP contribution in [0.5, 0.6) is 0 Å². The lowest BCUT2D eigenvalue weighted by Gasteiger charge is -2.19. The number of likely N-dealkylation sites (tertiary alicyclic amines) is 1. The summed E-state index contributed by atoms with van der Waals surface area (Å²) in [7, 11) is -1.39. The maximum atomic E-state index is 11.1. The Balaban J connectivity index is 2.10. The number of hydrogen-bond acceptors (Lipinski definition) is 2. The van der Waals surface area contributed by atoms with Crippen molar-refractivity contribution >= 4 is 14.2 Å². The molecule has 1 unspecified atom stereocenters. The number of nitrogens with one attached hydrogen (secondary N) is 1. The average Bonchev–Trinajstić information content (AvgIpc) is 3.01. The van der Waals surface area contributed by atoms with Crippen LogP contribution in [0.2, 0.25) is 19.6 Å². The second kappa shape index (κ2) is 6.07. The Kier molecular flexibility index (Phi) is 4.39. The normalized spacial score (nSPS) is 17.7. The fourth-order valence-electron chi connectivity index (χ4n) is 2.17. The molecule has 1 saturated heterocycles. The molecule has 1 aliphatic rings. The smallest absolute Gasteiger partial charge is 0.407 e. The highest BCUT2D eigenvalue weighted by Gasteiger charge is 2.31. The monoisotopic (exact) mass is 301 g/mol. The SMILES string of the molecule is C[Si](C)(C)C#CC#Cc1cnc(C2CCCN2C(=O)O)[nH]1. The van der Waals surface area contributed by atoms with Crippen molar-refractivity contribution in [3.8, 4) is 23.3 Å². The predicted octanol–water partition coefficient (Wildman–Crippen LogP) is 2.46. The van der Waals surface area contributed by atoms with Crippen molar-refractivity contribution in [1.82, 2.24) is 14.9 Å². The van der Waals surface area contributed by atoms with Gasteiger partial charge in [-0.3, -0.25) is 4.90 Å². The van der Waals surface area contributed by atoms with E-state index in [2.05, 4.69) is 52.9 Å². The number of imidazole rings is 1. The fraction of sp³-hybridized carbons (Fsp3) is 0.467. The third kappa shape index (κ3) is 4.14. The van der Waals surface area contributed by atoms with Gasteiger partial charge in [0.2, 0.25) is 0 Å². The number of carboxylic acid groups (broad SMARTS) is 1. The molecule has 0 radical (unpaired) electrons. The van der Waals surface area contributed by atoms with Crippen molar-refractivity contribution in [2.24, 2.45) is 0 Å². The Morgan fingerprint density at radius 2 is 2.24 bits per heavy atom. The number of rotatable bonds is 1. The number of H-pyrrole nitrogens is 1. The van der Waals surface area contributed by atoms with E-state index < -0.39 is 14.2 Å². The van der Waals surface area contributed by atoms with Gasteiger partial charge in [-0.25, -0.2) is 9.78 Å². The third-order valence-electron chi connectivity index (χ3n) is 3.11. The zero-order chi connectivity index (χ0) is 15.5. The van der Waals surface area contributed by atoms with E-state index in [9.17, 15) is 4.79 Å². The molecule has 1 aromatic rings. The minimum Gasteiger partial charge on any atom is -0.465 e. The molecule has 0 spiro atoms. The van der Waals surface area contributed by atoms with Crippen LogP contribution in [0.15, 0.2) is 6.20 Å². The summed E-state index contributed by atoms with van der Waals surface area (Å²) in [4.78, 5) is 19.9. The molecule has 110 valence electrons. The largest absolute Gasteiger partial charge is 0.465 e. The molecule has 0 bridgehead atoms. The van der Waals surface area contributed by atoms with Crippen LogP contribution in [-0.2, 0) is 0 Å². The Labute approximate surface area is 125 Å². The summed E-state index contributed by atoms with van der Waals surface area (Å²) in [5.74, 6) is 9.28. The van der Waals surface area contributed by atoms with Crippen molar-refractivity contribution < 1.29 is 9.90 Å². The molecule has 2 heterocycles. The van der Waals surface area contributed by atoms with Crippen LogP contribution in [0.25, 0.3) is 0 Å². The van der Waals surface area contributed by atoms with Gasteiger partial charge < -0.3 is 10.1 Å². The molecule has 1 atom stereocenters. The molecule has 1 amide bonds. The summed E-state index contributed by atoms with van der Waals surface area (Å²) in [6.07, 6.45) is 2.39. The Bertz CT molecular complexity index is 652. The maximum Gasteiger partial charge on any atom is 0.407 e. The van der Waals surface area contributed by atoms with Crippen molar-refractivity contribution in [2.45, 2.75) is 38.5 Å². The van der Waals surface area contributed by atoms with Gasteiger partial charge in [0.05, 0.1) is 12.2 Å². The molecule has 2 N–H and O–H groups in total. The van der Waals surface area contributed by atoms with Gasteiger partial charge in [0, 0.05) is 6.54 Å². The number of amides is 1. The van der Waals surface area contributed by atoms with E-state index in [-0.39, 0.29) is 6.04 Å². The number of aromatic amines is 1. The lowest BCUT2D eigenvalue weighted by molar-refractivity contribution is 0.139. The van der Waals surface area contributed by atoms with Crippen molar-refractivity contribution in [2.75, 3.05) is 6.54 Å². The average molecular weight is 301 g/mol. The Morgan fingerprint density at radius 3 is 2.90 bits per heavy atom. The minimum atomic E-state index is -1.39. The summed E-state index contributed by atoms with van der Waals surface area (Å²) in [6.45, 7) is 7.05. The summed E-state index contributed by atoms with van der Waals surface area (Å²) >= 11 is 0. The molecule has 1 aliphatic heterocycles. The molecular formula is C15H19N3O2Si. The molecule has 1 fully saturated rings. The molecule has 0 saturated carbocycles. The van der Waals surface area contributed by atoms with Crippen LogP contribution in [-0.4, -0.2) is 40.7 Å². The first-order valence-electron chi connectivity index (χ1n) is 6.94. The van der Waals surface area contributed by atoms with Crippen molar-refractivity contribution in [3.63, 3.8) is 0 Å². The standard InChI is InChI=1S/C15H19N3O2Si/c1-21(2,3)10-5-4-7-12-11-16-14(17-12)13-8-6-9-18(13)15(19)20/h11,13H,6,8-9H2,1-3H3,(H,16,17)(H,19,20). The van der Waals surface area contributed by atoms with Gasteiger partial charge in [-0.15, -0.1) is 5.54 Å². The molecule has 21 heavy (non-hydrogen) atoms. The zero-order valence-electron chi connectivity index (χ0n) is 12.5. The molecular weight excluding hydrogens is 282 g/mol. The predicted molar refractivity (Wildman–Crippen MR) is 83.3 cm³/mol. The number of hydrogen-bond donors (Lipinski definition) is 2. The van der Waals surface area contributed by atoms with Crippen molar-refractivity contribution in [1.29, 1.82) is 0 Å². The summed E-state index contributed by atoms with van der Waals surface area (Å²) < 4.78 is 0. The van der Waals surface area contributed by atoms with E-state index in [1.165, 1.54) is 4.90 Å². The second-order valence-electron chi connectivity index (χ2n) is 6.07. The van der Waals surface area contributed by atoms with Crippen LogP contribution in [0.4, 0.5) is 4.79 Å². The van der Waals surface area contributed by atoms with E-state index in [0.29, 0.717) is 18.1 Å². The highest BCUT2D eigenvalue weighted by molar-refractivity contribution is 6.83. The lowest BCUT2D eigenvalue weighted by Crippen LogP contribution is -2.29. The molecule has 5 nitrogen and oxygen atoms in total. The number of aromatic nitrogens is 2. The number of nitrogens with zero attached hydrogens (tertiary/aromatic N) is 2. The van der Waals surface area contributed by atoms with Gasteiger partial charge in [0.25, 0.3) is 0 Å². The van der Waals surface area contributed by atoms with E-state index in [1.54, 1.807) is 6.20 Å². The highest BCUT2D eigenvalue weighted by atomic mass is 28.3. The molecule has 0 aliphatic carbocycles. The van der Waals surface area contributed by atoms with Gasteiger partial charge in [0.1, 0.15) is 19.6 Å². The lowest BCUT2D eigenvalue weighted by atomic mass is 10.2. The summed E-state index contributed by atoms with van der Waals surface area (Å²) in [5, 5.41) is 9.14. The van der Waals surface area contributed by atoms with Gasteiger partial charge >= 0.3 is 6.09 Å². The molecule has 1 aromatic heterocycles. The Morgan fingerprint density at radius 1 is 1.48 bits per heavy atom. The van der Waals surface area contributed by atoms with Gasteiger partial charge in [-0.2, -0.15) is 0 Å². The molecule has 6 heteroatoms. The van der Waals surface area contributed by atoms with E-state index in [0.717, 1.165) is 12.8 Å². The Hall–Kier alpha value is -2.18. The van der Waals surface area contributed by atoms with E-state index in [4.69, 9.17) is 5.11 Å². The quantitative estimate of drug-likeness (QED) is 0.618. The van der Waals surface area contributed by atoms with Gasteiger partial charge in [-0.05, 0) is 30.6 Å². The first-order chi connectivity index (χ1) is 9.87. The number of carbonyl (C=O) groups is 1. The molecule has 2 rings (SSSR count). The minimum absolute atomic E-state index is 0.189. The summed E-state index contributed by atoms with van der Waals surface area (Å²) in [6, 6.07) is -0.189. The summed E-state index contributed by atoms with van der Waals surface area (Å²) in [5.41, 5.74) is 3.84. The molecule has 0 aromatic carbocycles.